The molecule has 0 amide bonds. The van der Waals surface area contributed by atoms with Crippen LogP contribution >= 0.6 is 0 Å². The highest BCUT2D eigenvalue weighted by Crippen LogP contribution is 2.32. The number of benzene rings is 1. The van der Waals surface area contributed by atoms with Gasteiger partial charge in [-0.05, 0) is 24.5 Å². The molecular weight excluding hydrogens is 450 g/mol. The number of aromatic nitrogens is 5. The van der Waals surface area contributed by atoms with Crippen LogP contribution in [-0.2, 0) is 4.74 Å². The molecule has 5 N–H and O–H groups in total. The zero-order valence-corrected chi connectivity index (χ0v) is 20.3. The van der Waals surface area contributed by atoms with Crippen LogP contribution in [0, 0.1) is 5.92 Å². The summed E-state index contributed by atoms with van der Waals surface area (Å²) in [6, 6.07) is 7.53. The van der Waals surface area contributed by atoms with E-state index in [1.165, 1.54) is 11.0 Å². The summed E-state index contributed by atoms with van der Waals surface area (Å²) in [6.07, 6.45) is 2.23. The minimum absolute atomic E-state index is 0.00318. The zero-order valence-electron chi connectivity index (χ0n) is 20.3. The minimum Gasteiger partial charge on any atom is -0.494 e. The summed E-state index contributed by atoms with van der Waals surface area (Å²) < 4.78 is 12.5. The van der Waals surface area contributed by atoms with Crippen LogP contribution in [0.3, 0.4) is 0 Å². The summed E-state index contributed by atoms with van der Waals surface area (Å²) in [5.41, 5.74) is 7.92. The third kappa shape index (κ3) is 6.08. The molecule has 0 saturated carbocycles. The summed E-state index contributed by atoms with van der Waals surface area (Å²) in [5, 5.41) is 20.6. The van der Waals surface area contributed by atoms with E-state index >= 15 is 0 Å². The number of methoxy groups -OCH3 is 1. The fraction of sp³-hybridized carbons (Fsp3) is 0.478. The van der Waals surface area contributed by atoms with Gasteiger partial charge in [0.2, 0.25) is 11.9 Å². The summed E-state index contributed by atoms with van der Waals surface area (Å²) in [4.78, 5) is 15.1. The molecule has 1 fully saturated rings. The Morgan fingerprint density at radius 1 is 1.20 bits per heavy atom. The van der Waals surface area contributed by atoms with Crippen molar-refractivity contribution in [2.24, 2.45) is 5.92 Å². The molecule has 4 rings (SSSR count). The normalized spacial score (nSPS) is 14.7. The summed E-state index contributed by atoms with van der Waals surface area (Å²) in [6.45, 7) is 7.30. The van der Waals surface area contributed by atoms with Crippen molar-refractivity contribution in [2.75, 3.05) is 61.3 Å². The van der Waals surface area contributed by atoms with Crippen molar-refractivity contribution in [2.45, 2.75) is 26.3 Å². The lowest BCUT2D eigenvalue weighted by Crippen LogP contribution is -2.36. The molecule has 3 aromatic rings. The average molecular weight is 484 g/mol. The van der Waals surface area contributed by atoms with Crippen molar-refractivity contribution in [3.8, 4) is 11.6 Å². The van der Waals surface area contributed by atoms with Crippen molar-refractivity contribution in [3.05, 3.63) is 30.6 Å². The second-order valence-corrected chi connectivity index (χ2v) is 8.73. The summed E-state index contributed by atoms with van der Waals surface area (Å²) >= 11 is 0. The van der Waals surface area contributed by atoms with E-state index in [9.17, 15) is 5.11 Å². The van der Waals surface area contributed by atoms with Crippen LogP contribution < -0.4 is 26.0 Å². The van der Waals surface area contributed by atoms with Crippen molar-refractivity contribution < 1.29 is 14.6 Å². The van der Waals surface area contributed by atoms with Gasteiger partial charge in [0, 0.05) is 30.9 Å². The lowest BCUT2D eigenvalue weighted by Gasteiger charge is -2.29. The van der Waals surface area contributed by atoms with E-state index in [2.05, 4.69) is 49.4 Å². The van der Waals surface area contributed by atoms with E-state index in [1.54, 1.807) is 13.2 Å². The lowest BCUT2D eigenvalue weighted by atomic mass is 10.0. The number of aliphatic hydroxyl groups is 1. The molecule has 12 heteroatoms. The average Bonchev–Trinajstić information content (AvgIpc) is 3.24. The standard InChI is InChI=1S/C23H33N9O3/c1-15(2)10-16(13-33)27-20-12-21(26-14-25-20)32-22(24)29-23(30-32)28-18-5-4-17(11-19(18)34-3)31-6-8-35-9-7-31/h4-5,11-12,14-16,33H,6-10,13H2,1-3H3,(H,25,26,27)(H3,24,28,29,30)/t16-/m0/s1. The van der Waals surface area contributed by atoms with Gasteiger partial charge in [0.25, 0.3) is 0 Å². The Labute approximate surface area is 204 Å². The molecule has 0 aliphatic carbocycles. The van der Waals surface area contributed by atoms with Crippen LogP contribution in [0.25, 0.3) is 5.82 Å². The molecule has 3 heterocycles. The van der Waals surface area contributed by atoms with Gasteiger partial charge in [-0.3, -0.25) is 0 Å². The van der Waals surface area contributed by atoms with Crippen LogP contribution in [0.2, 0.25) is 0 Å². The first-order valence-electron chi connectivity index (χ1n) is 11.7. The van der Waals surface area contributed by atoms with Crippen molar-refractivity contribution in [1.82, 2.24) is 24.7 Å². The molecule has 0 unspecified atom stereocenters. The molecule has 1 aromatic carbocycles. The minimum atomic E-state index is -0.115. The number of anilines is 5. The van der Waals surface area contributed by atoms with Crippen LogP contribution in [0.5, 0.6) is 5.75 Å². The Hall–Kier alpha value is -3.64. The Morgan fingerprint density at radius 3 is 2.71 bits per heavy atom. The van der Waals surface area contributed by atoms with Crippen LogP contribution in [0.4, 0.5) is 29.1 Å². The number of nitrogens with one attached hydrogen (secondary N) is 2. The maximum atomic E-state index is 9.66. The fourth-order valence-corrected chi connectivity index (χ4v) is 3.97. The van der Waals surface area contributed by atoms with Crippen LogP contribution in [0.1, 0.15) is 20.3 Å². The lowest BCUT2D eigenvalue weighted by molar-refractivity contribution is 0.122. The van der Waals surface area contributed by atoms with Gasteiger partial charge in [-0.25, -0.2) is 9.97 Å². The van der Waals surface area contributed by atoms with E-state index in [-0.39, 0.29) is 18.6 Å². The maximum absolute atomic E-state index is 9.66. The summed E-state index contributed by atoms with van der Waals surface area (Å²) in [5.74, 6) is 2.59. The quantitative estimate of drug-likeness (QED) is 0.336. The van der Waals surface area contributed by atoms with Gasteiger partial charge in [0.1, 0.15) is 17.9 Å². The first-order valence-corrected chi connectivity index (χ1v) is 11.7. The molecule has 35 heavy (non-hydrogen) atoms. The number of ether oxygens (including phenoxy) is 2. The number of aliphatic hydroxyl groups excluding tert-OH is 1. The number of nitrogen functional groups attached to an aromatic ring is 1. The second kappa shape index (κ2) is 11.2. The molecule has 1 atom stereocenters. The Bertz CT molecular complexity index is 1120. The number of hydrogen-bond donors (Lipinski definition) is 4. The number of rotatable bonds is 10. The van der Waals surface area contributed by atoms with Crippen molar-refractivity contribution in [1.29, 1.82) is 0 Å². The van der Waals surface area contributed by atoms with Crippen LogP contribution in [-0.4, -0.2) is 75.9 Å². The Morgan fingerprint density at radius 2 is 2.00 bits per heavy atom. The fourth-order valence-electron chi connectivity index (χ4n) is 3.97. The van der Waals surface area contributed by atoms with Gasteiger partial charge in [-0.1, -0.05) is 13.8 Å². The van der Waals surface area contributed by atoms with E-state index in [0.29, 0.717) is 48.2 Å². The SMILES string of the molecule is COc1cc(N2CCOCC2)ccc1Nc1nc(N)n(-c2cc(N[C@H](CO)CC(C)C)ncn2)n1. The molecule has 1 saturated heterocycles. The molecule has 12 nitrogen and oxygen atoms in total. The van der Waals surface area contributed by atoms with Crippen LogP contribution in [0.15, 0.2) is 30.6 Å². The molecule has 1 aliphatic heterocycles. The predicted octanol–water partition coefficient (Wildman–Crippen LogP) is 2.05. The molecule has 188 valence electrons. The van der Waals surface area contributed by atoms with Crippen molar-refractivity contribution >= 4 is 29.1 Å². The highest BCUT2D eigenvalue weighted by atomic mass is 16.5. The third-order valence-corrected chi connectivity index (χ3v) is 5.64. The number of nitrogens with two attached hydrogens (primary N) is 1. The number of nitrogens with zero attached hydrogens (tertiary/aromatic N) is 6. The van der Waals surface area contributed by atoms with E-state index in [0.717, 1.165) is 25.2 Å². The Balaban J connectivity index is 1.51. The topological polar surface area (TPSA) is 148 Å². The molecule has 1 aliphatic rings. The smallest absolute Gasteiger partial charge is 0.249 e. The zero-order chi connectivity index (χ0) is 24.8. The molecule has 0 radical (unpaired) electrons. The van der Waals surface area contributed by atoms with Gasteiger partial charge >= 0.3 is 0 Å². The van der Waals surface area contributed by atoms with Gasteiger partial charge in [-0.2, -0.15) is 9.67 Å². The van der Waals surface area contributed by atoms with Gasteiger partial charge < -0.3 is 35.8 Å². The van der Waals surface area contributed by atoms with Gasteiger partial charge in [-0.15, -0.1) is 5.10 Å². The summed E-state index contributed by atoms with van der Waals surface area (Å²) in [7, 11) is 1.62. The predicted molar refractivity (Wildman–Crippen MR) is 135 cm³/mol. The molecular formula is C23H33N9O3. The molecule has 0 spiro atoms. The maximum Gasteiger partial charge on any atom is 0.249 e. The first-order chi connectivity index (χ1) is 17.0. The van der Waals surface area contributed by atoms with Gasteiger partial charge in [0.05, 0.1) is 38.7 Å². The highest BCUT2D eigenvalue weighted by Gasteiger charge is 2.17. The monoisotopic (exact) mass is 483 g/mol. The second-order valence-electron chi connectivity index (χ2n) is 8.73. The van der Waals surface area contributed by atoms with E-state index < -0.39 is 0 Å². The van der Waals surface area contributed by atoms with Crippen molar-refractivity contribution in [3.63, 3.8) is 0 Å². The van der Waals surface area contributed by atoms with E-state index in [4.69, 9.17) is 15.2 Å². The molecule has 0 bridgehead atoms. The largest absolute Gasteiger partial charge is 0.494 e. The Kier molecular flexibility index (Phi) is 7.83. The molecule has 2 aromatic heterocycles. The highest BCUT2D eigenvalue weighted by molar-refractivity contribution is 5.68. The number of morpholine rings is 1. The first kappa shape index (κ1) is 24.5. The van der Waals surface area contributed by atoms with E-state index in [1.807, 2.05) is 18.2 Å². The van der Waals surface area contributed by atoms with Gasteiger partial charge in [0.15, 0.2) is 5.82 Å². The third-order valence-electron chi connectivity index (χ3n) is 5.64. The number of hydrogen-bond acceptors (Lipinski definition) is 11.